The van der Waals surface area contributed by atoms with Crippen molar-refractivity contribution in [3.05, 3.63) is 31.5 Å². The summed E-state index contributed by atoms with van der Waals surface area (Å²) in [5.74, 6) is 0. The number of hydrogen-bond acceptors (Lipinski definition) is 6. The molecular weight excluding hydrogens is 204 g/mol. The Bertz CT molecular complexity index is 417. The topological polar surface area (TPSA) is 144 Å². The number of rotatable bonds is 3. The highest BCUT2D eigenvalue weighted by atomic mass is 16.2. The molecule has 0 saturated heterocycles. The van der Waals surface area contributed by atoms with Crippen molar-refractivity contribution in [2.45, 2.75) is 20.0 Å². The van der Waals surface area contributed by atoms with Gasteiger partial charge in [0.1, 0.15) is 0 Å². The van der Waals surface area contributed by atoms with Gasteiger partial charge in [-0.15, -0.1) is 0 Å². The summed E-state index contributed by atoms with van der Waals surface area (Å²) in [4.78, 5) is 34.4. The molecule has 9 nitrogen and oxygen atoms in total. The number of aromatic nitrogens is 3. The lowest BCUT2D eigenvalue weighted by Crippen LogP contribution is -2.56. The fourth-order valence-electron chi connectivity index (χ4n) is 1.15. The van der Waals surface area contributed by atoms with Crippen molar-refractivity contribution in [3.63, 3.8) is 0 Å². The Kier molecular flexibility index (Phi) is 3.19. The van der Waals surface area contributed by atoms with E-state index < -0.39 is 17.1 Å². The Morgan fingerprint density at radius 1 is 0.667 bits per heavy atom. The molecule has 0 radical (unpaired) electrons. The molecule has 0 atom stereocenters. The lowest BCUT2D eigenvalue weighted by molar-refractivity contribution is 0.457. The monoisotopic (exact) mass is 216 g/mol. The standard InChI is InChI=1S/C6H12N6O3/c7-1-10-4(13)11(2-8)6(15)12(3-9)5(10)14/h1-3,7-9H2. The summed E-state index contributed by atoms with van der Waals surface area (Å²) < 4.78 is 2.04. The third-order valence-electron chi connectivity index (χ3n) is 1.93. The number of nitrogens with zero attached hydrogens (tertiary/aromatic N) is 3. The zero-order valence-electron chi connectivity index (χ0n) is 7.92. The fraction of sp³-hybridized carbons (Fsp3) is 0.500. The van der Waals surface area contributed by atoms with E-state index in [-0.39, 0.29) is 20.0 Å². The molecule has 0 spiro atoms. The Labute approximate surface area is 83.3 Å². The van der Waals surface area contributed by atoms with Crippen LogP contribution in [0.4, 0.5) is 0 Å². The first-order valence-electron chi connectivity index (χ1n) is 4.13. The van der Waals surface area contributed by atoms with E-state index in [2.05, 4.69) is 0 Å². The first kappa shape index (κ1) is 11.4. The van der Waals surface area contributed by atoms with Crippen molar-refractivity contribution >= 4 is 0 Å². The van der Waals surface area contributed by atoms with Crippen molar-refractivity contribution < 1.29 is 0 Å². The maximum atomic E-state index is 11.5. The van der Waals surface area contributed by atoms with E-state index in [0.717, 1.165) is 0 Å². The molecule has 0 fully saturated rings. The molecule has 1 rings (SSSR count). The molecule has 1 aromatic heterocycles. The molecule has 1 aromatic rings. The van der Waals surface area contributed by atoms with Gasteiger partial charge >= 0.3 is 17.1 Å². The van der Waals surface area contributed by atoms with E-state index in [1.54, 1.807) is 0 Å². The summed E-state index contributed by atoms with van der Waals surface area (Å²) in [6.07, 6.45) is 0. The third-order valence-corrected chi connectivity index (χ3v) is 1.93. The van der Waals surface area contributed by atoms with E-state index in [0.29, 0.717) is 13.7 Å². The van der Waals surface area contributed by atoms with Gasteiger partial charge in [0.15, 0.2) is 0 Å². The van der Waals surface area contributed by atoms with Gasteiger partial charge in [-0.1, -0.05) is 0 Å². The van der Waals surface area contributed by atoms with Gasteiger partial charge in [-0.3, -0.25) is 0 Å². The second kappa shape index (κ2) is 4.21. The van der Waals surface area contributed by atoms with E-state index in [4.69, 9.17) is 17.2 Å². The molecule has 0 bridgehead atoms. The summed E-state index contributed by atoms with van der Waals surface area (Å²) in [5, 5.41) is 0. The SMILES string of the molecule is NCn1c(=O)n(CN)c(=O)n(CN)c1=O. The van der Waals surface area contributed by atoms with E-state index in [1.807, 2.05) is 0 Å². The van der Waals surface area contributed by atoms with Crippen LogP contribution in [0.25, 0.3) is 0 Å². The van der Waals surface area contributed by atoms with Crippen LogP contribution in [0.1, 0.15) is 0 Å². The molecule has 0 amide bonds. The van der Waals surface area contributed by atoms with Crippen molar-refractivity contribution in [2.24, 2.45) is 17.2 Å². The van der Waals surface area contributed by atoms with Crippen LogP contribution in [0.3, 0.4) is 0 Å². The average Bonchev–Trinajstić information content (AvgIpc) is 2.19. The van der Waals surface area contributed by atoms with Crippen molar-refractivity contribution in [1.82, 2.24) is 13.7 Å². The van der Waals surface area contributed by atoms with E-state index in [9.17, 15) is 14.4 Å². The summed E-state index contributed by atoms with van der Waals surface area (Å²) in [7, 11) is 0. The average molecular weight is 216 g/mol. The zero-order valence-corrected chi connectivity index (χ0v) is 7.92. The Morgan fingerprint density at radius 3 is 1.00 bits per heavy atom. The maximum absolute atomic E-state index is 11.5. The van der Waals surface area contributed by atoms with Gasteiger partial charge in [-0.05, 0) is 0 Å². The Balaban J connectivity index is 3.82. The molecule has 0 unspecified atom stereocenters. The molecule has 0 aliphatic rings. The van der Waals surface area contributed by atoms with E-state index in [1.165, 1.54) is 0 Å². The van der Waals surface area contributed by atoms with Crippen LogP contribution in [0.5, 0.6) is 0 Å². The van der Waals surface area contributed by atoms with Gasteiger partial charge in [0.2, 0.25) is 0 Å². The molecule has 15 heavy (non-hydrogen) atoms. The van der Waals surface area contributed by atoms with Gasteiger partial charge in [-0.2, -0.15) is 0 Å². The smallest absolute Gasteiger partial charge is 0.313 e. The first-order valence-corrected chi connectivity index (χ1v) is 4.13. The molecular formula is C6H12N6O3. The fourth-order valence-corrected chi connectivity index (χ4v) is 1.15. The van der Waals surface area contributed by atoms with Crippen molar-refractivity contribution in [2.75, 3.05) is 0 Å². The quantitative estimate of drug-likeness (QED) is 0.468. The summed E-state index contributed by atoms with van der Waals surface area (Å²) in [5.41, 5.74) is 13.1. The van der Waals surface area contributed by atoms with Crippen molar-refractivity contribution in [1.29, 1.82) is 0 Å². The van der Waals surface area contributed by atoms with Gasteiger partial charge in [0.05, 0.1) is 20.0 Å². The molecule has 9 heteroatoms. The molecule has 0 aliphatic heterocycles. The van der Waals surface area contributed by atoms with Gasteiger partial charge < -0.3 is 17.2 Å². The van der Waals surface area contributed by atoms with Crippen LogP contribution in [-0.2, 0) is 20.0 Å². The van der Waals surface area contributed by atoms with Gasteiger partial charge in [0.25, 0.3) is 0 Å². The second-order valence-electron chi connectivity index (χ2n) is 2.68. The van der Waals surface area contributed by atoms with Crippen LogP contribution >= 0.6 is 0 Å². The van der Waals surface area contributed by atoms with Gasteiger partial charge in [0, 0.05) is 0 Å². The predicted octanol–water partition coefficient (Wildman–Crippen LogP) is -4.08. The zero-order chi connectivity index (χ0) is 11.6. The lowest BCUT2D eigenvalue weighted by atomic mass is 10.7. The largest absolute Gasteiger partial charge is 0.338 e. The van der Waals surface area contributed by atoms with Crippen LogP contribution in [0.15, 0.2) is 14.4 Å². The molecule has 6 N–H and O–H groups in total. The maximum Gasteiger partial charge on any atom is 0.338 e. The van der Waals surface area contributed by atoms with E-state index >= 15 is 0 Å². The second-order valence-corrected chi connectivity index (χ2v) is 2.68. The minimum absolute atomic E-state index is 0.335. The molecule has 0 aromatic carbocycles. The summed E-state index contributed by atoms with van der Waals surface area (Å²) in [6.45, 7) is -1.01. The molecule has 1 heterocycles. The number of nitrogens with two attached hydrogens (primary N) is 3. The molecule has 0 saturated carbocycles. The highest BCUT2D eigenvalue weighted by molar-refractivity contribution is 4.77. The van der Waals surface area contributed by atoms with Crippen LogP contribution in [-0.4, -0.2) is 13.7 Å². The lowest BCUT2D eigenvalue weighted by Gasteiger charge is -2.09. The highest BCUT2D eigenvalue weighted by Gasteiger charge is 2.11. The normalized spacial score (nSPS) is 10.6. The van der Waals surface area contributed by atoms with Crippen LogP contribution in [0.2, 0.25) is 0 Å². The minimum atomic E-state index is -0.834. The van der Waals surface area contributed by atoms with Crippen LogP contribution in [0, 0.1) is 0 Å². The minimum Gasteiger partial charge on any atom is -0.313 e. The Morgan fingerprint density at radius 2 is 0.867 bits per heavy atom. The van der Waals surface area contributed by atoms with Gasteiger partial charge in [-0.25, -0.2) is 28.1 Å². The van der Waals surface area contributed by atoms with Crippen molar-refractivity contribution in [3.8, 4) is 0 Å². The third kappa shape index (κ3) is 1.63. The first-order chi connectivity index (χ1) is 7.08. The Hall–Kier alpha value is -1.71. The molecule has 84 valence electrons. The van der Waals surface area contributed by atoms with Crippen LogP contribution < -0.4 is 34.3 Å². The highest BCUT2D eigenvalue weighted by Crippen LogP contribution is 1.67. The summed E-state index contributed by atoms with van der Waals surface area (Å²) >= 11 is 0. The predicted molar refractivity (Wildman–Crippen MR) is 51.8 cm³/mol. The summed E-state index contributed by atoms with van der Waals surface area (Å²) in [6, 6.07) is 0. The molecule has 0 aliphatic carbocycles. The number of hydrogen-bond donors (Lipinski definition) is 3.